The fourth-order valence-electron chi connectivity index (χ4n) is 6.47. The van der Waals surface area contributed by atoms with Crippen LogP contribution in [0.5, 0.6) is 11.9 Å². The number of anilines is 1. The average molecular weight is 571 g/mol. The molecule has 40 heavy (non-hydrogen) atoms. The number of hydrogen-bond donors (Lipinski definition) is 2. The molecule has 0 radical (unpaired) electrons. The molecule has 4 aromatic rings. The van der Waals surface area contributed by atoms with Gasteiger partial charge in [0.1, 0.15) is 30.2 Å². The third-order valence-corrected chi connectivity index (χ3v) is 9.39. The van der Waals surface area contributed by atoms with Crippen molar-refractivity contribution in [3.8, 4) is 23.0 Å². The summed E-state index contributed by atoms with van der Waals surface area (Å²) in [5.41, 5.74) is 6.36. The molecular formula is C28H29F3N6O2S. The second kappa shape index (κ2) is 9.71. The van der Waals surface area contributed by atoms with Crippen LogP contribution >= 0.6 is 11.3 Å². The molecule has 5 heterocycles. The summed E-state index contributed by atoms with van der Waals surface area (Å²) < 4.78 is 57.7. The van der Waals surface area contributed by atoms with E-state index in [0.717, 1.165) is 43.7 Å². The van der Waals surface area contributed by atoms with Crippen LogP contribution in [0.4, 0.5) is 18.3 Å². The van der Waals surface area contributed by atoms with Crippen molar-refractivity contribution >= 4 is 37.6 Å². The zero-order chi connectivity index (χ0) is 27.6. The van der Waals surface area contributed by atoms with Gasteiger partial charge in [0.2, 0.25) is 5.88 Å². The zero-order valence-corrected chi connectivity index (χ0v) is 22.7. The first-order valence-corrected chi connectivity index (χ1v) is 14.4. The number of hydrogen-bond acceptors (Lipinski definition) is 9. The SMILES string of the molecule is C[C@H]1NCC[C@H]1Oc1nc(OC[C@@]23CCCN2C[C@H](F)C3)nc2c(F)c(-c3ccc(F)c4sc(N)nc34)ccc12. The van der Waals surface area contributed by atoms with Crippen LogP contribution < -0.4 is 20.5 Å². The predicted molar refractivity (Wildman–Crippen MR) is 148 cm³/mol. The standard InChI is InChI=1S/C28H29F3N6O2S/c1-14-20(7-9-33-14)39-25-18-4-3-16(17-5-6-19(30)24-23(17)34-26(32)40-24)21(31)22(18)35-27(36-25)38-13-28-8-2-10-37(28)12-15(29)11-28/h3-6,14-15,20,33H,2,7-13H2,1H3,(H2,32,34)/t14-,15-,20-,28+/m1/s1. The fraction of sp³-hybridized carbons (Fsp3) is 0.464. The number of nitrogens with one attached hydrogen (secondary N) is 1. The molecule has 0 unspecified atom stereocenters. The molecule has 0 spiro atoms. The van der Waals surface area contributed by atoms with E-state index in [1.165, 1.54) is 12.1 Å². The van der Waals surface area contributed by atoms with Crippen molar-refractivity contribution in [2.24, 2.45) is 0 Å². The number of nitrogens with zero attached hydrogens (tertiary/aromatic N) is 4. The number of thiazole rings is 1. The molecule has 4 atom stereocenters. The Morgan fingerprint density at radius 2 is 2.00 bits per heavy atom. The quantitative estimate of drug-likeness (QED) is 0.340. The summed E-state index contributed by atoms with van der Waals surface area (Å²) in [7, 11) is 0. The smallest absolute Gasteiger partial charge is 0.320 e. The molecular weight excluding hydrogens is 541 g/mol. The Kier molecular flexibility index (Phi) is 6.24. The molecule has 210 valence electrons. The number of benzene rings is 2. The van der Waals surface area contributed by atoms with E-state index in [9.17, 15) is 8.78 Å². The second-order valence-corrected chi connectivity index (χ2v) is 12.0. The Bertz CT molecular complexity index is 1620. The number of nitrogens with two attached hydrogens (primary N) is 1. The van der Waals surface area contributed by atoms with Crippen LogP contribution in [-0.2, 0) is 0 Å². The number of alkyl halides is 1. The van der Waals surface area contributed by atoms with Gasteiger partial charge in [0, 0.05) is 30.1 Å². The molecule has 3 N–H and O–H groups in total. The maximum Gasteiger partial charge on any atom is 0.320 e. The van der Waals surface area contributed by atoms with Gasteiger partial charge in [0.15, 0.2) is 10.9 Å². The normalized spacial score (nSPS) is 26.6. The van der Waals surface area contributed by atoms with Gasteiger partial charge in [0.25, 0.3) is 0 Å². The molecule has 0 aliphatic carbocycles. The predicted octanol–water partition coefficient (Wildman–Crippen LogP) is 4.85. The number of rotatable bonds is 6. The summed E-state index contributed by atoms with van der Waals surface area (Å²) >= 11 is 1.01. The van der Waals surface area contributed by atoms with Crippen molar-refractivity contribution in [2.45, 2.75) is 56.5 Å². The number of fused-ring (bicyclic) bond motifs is 3. The third kappa shape index (κ3) is 4.24. The van der Waals surface area contributed by atoms with E-state index >= 15 is 4.39 Å². The van der Waals surface area contributed by atoms with Crippen LogP contribution in [0.2, 0.25) is 0 Å². The molecule has 3 aliphatic heterocycles. The molecule has 3 saturated heterocycles. The van der Waals surface area contributed by atoms with Crippen molar-refractivity contribution in [1.82, 2.24) is 25.2 Å². The van der Waals surface area contributed by atoms with Gasteiger partial charge in [-0.3, -0.25) is 4.90 Å². The van der Waals surface area contributed by atoms with Crippen molar-refractivity contribution in [2.75, 3.05) is 32.0 Å². The van der Waals surface area contributed by atoms with Crippen LogP contribution in [-0.4, -0.2) is 69.9 Å². The van der Waals surface area contributed by atoms with E-state index in [2.05, 4.69) is 25.2 Å². The summed E-state index contributed by atoms with van der Waals surface area (Å²) in [6.07, 6.45) is 1.91. The van der Waals surface area contributed by atoms with Gasteiger partial charge >= 0.3 is 6.01 Å². The molecule has 3 aliphatic rings. The summed E-state index contributed by atoms with van der Waals surface area (Å²) in [5, 5.41) is 3.94. The lowest BCUT2D eigenvalue weighted by molar-refractivity contribution is 0.106. The first-order valence-electron chi connectivity index (χ1n) is 13.6. The number of nitrogen functional groups attached to an aromatic ring is 1. The van der Waals surface area contributed by atoms with E-state index in [1.807, 2.05) is 6.92 Å². The Hall–Kier alpha value is -3.22. The van der Waals surface area contributed by atoms with Gasteiger partial charge in [-0.05, 0) is 57.5 Å². The van der Waals surface area contributed by atoms with E-state index < -0.39 is 23.3 Å². The molecule has 3 fully saturated rings. The lowest BCUT2D eigenvalue weighted by Crippen LogP contribution is -2.43. The van der Waals surface area contributed by atoms with Crippen LogP contribution in [0.3, 0.4) is 0 Å². The average Bonchev–Trinajstić information content (AvgIpc) is 3.68. The van der Waals surface area contributed by atoms with Gasteiger partial charge in [-0.2, -0.15) is 9.97 Å². The van der Waals surface area contributed by atoms with Crippen molar-refractivity contribution in [1.29, 1.82) is 0 Å². The Labute approximate surface area is 232 Å². The first-order chi connectivity index (χ1) is 19.3. The number of aromatic nitrogens is 3. The highest BCUT2D eigenvalue weighted by molar-refractivity contribution is 7.22. The van der Waals surface area contributed by atoms with Gasteiger partial charge in [-0.1, -0.05) is 17.4 Å². The van der Waals surface area contributed by atoms with Crippen LogP contribution in [0.15, 0.2) is 24.3 Å². The monoisotopic (exact) mass is 570 g/mol. The Morgan fingerprint density at radius 3 is 2.83 bits per heavy atom. The minimum Gasteiger partial charge on any atom is -0.472 e. The zero-order valence-electron chi connectivity index (χ0n) is 21.9. The van der Waals surface area contributed by atoms with Gasteiger partial charge in [0.05, 0.1) is 21.1 Å². The van der Waals surface area contributed by atoms with E-state index in [0.29, 0.717) is 23.9 Å². The maximum absolute atomic E-state index is 16.3. The van der Waals surface area contributed by atoms with Crippen molar-refractivity contribution in [3.05, 3.63) is 35.9 Å². The second-order valence-electron chi connectivity index (χ2n) is 11.0. The van der Waals surface area contributed by atoms with E-state index in [4.69, 9.17) is 15.2 Å². The van der Waals surface area contributed by atoms with Gasteiger partial charge in [-0.15, -0.1) is 0 Å². The van der Waals surface area contributed by atoms with Gasteiger partial charge < -0.3 is 20.5 Å². The first kappa shape index (κ1) is 25.7. The summed E-state index contributed by atoms with van der Waals surface area (Å²) in [5.74, 6) is -0.870. The highest BCUT2D eigenvalue weighted by atomic mass is 32.1. The molecule has 2 aromatic heterocycles. The third-order valence-electron chi connectivity index (χ3n) is 8.50. The topological polar surface area (TPSA) is 98.4 Å². The van der Waals surface area contributed by atoms with E-state index in [1.54, 1.807) is 12.1 Å². The van der Waals surface area contributed by atoms with E-state index in [-0.39, 0.29) is 57.1 Å². The lowest BCUT2D eigenvalue weighted by Gasteiger charge is -2.30. The molecule has 0 amide bonds. The highest BCUT2D eigenvalue weighted by Crippen LogP contribution is 2.42. The number of halogens is 3. The number of ether oxygens (including phenoxy) is 2. The molecule has 0 bridgehead atoms. The highest BCUT2D eigenvalue weighted by Gasteiger charge is 2.49. The van der Waals surface area contributed by atoms with Crippen molar-refractivity contribution < 1.29 is 22.6 Å². The summed E-state index contributed by atoms with van der Waals surface area (Å²) in [4.78, 5) is 15.4. The molecule has 12 heteroatoms. The van der Waals surface area contributed by atoms with Crippen molar-refractivity contribution in [3.63, 3.8) is 0 Å². The minimum absolute atomic E-state index is 0.0207. The van der Waals surface area contributed by atoms with Crippen LogP contribution in [0.25, 0.3) is 32.2 Å². The maximum atomic E-state index is 16.3. The molecule has 0 saturated carbocycles. The minimum atomic E-state index is -0.899. The Balaban J connectivity index is 1.32. The van der Waals surface area contributed by atoms with Crippen LogP contribution in [0, 0.1) is 11.6 Å². The van der Waals surface area contributed by atoms with Gasteiger partial charge in [-0.25, -0.2) is 18.2 Å². The fourth-order valence-corrected chi connectivity index (χ4v) is 7.24. The Morgan fingerprint density at radius 1 is 1.15 bits per heavy atom. The lowest BCUT2D eigenvalue weighted by atomic mass is 9.95. The molecule has 7 rings (SSSR count). The summed E-state index contributed by atoms with van der Waals surface area (Å²) in [6, 6.07) is 6.14. The summed E-state index contributed by atoms with van der Waals surface area (Å²) in [6.45, 7) is 4.26. The molecule has 8 nitrogen and oxygen atoms in total. The van der Waals surface area contributed by atoms with Crippen LogP contribution in [0.1, 0.15) is 32.6 Å². The largest absolute Gasteiger partial charge is 0.472 e. The molecule has 2 aromatic carbocycles.